The van der Waals surface area contributed by atoms with Crippen molar-refractivity contribution in [3.63, 3.8) is 0 Å². The predicted molar refractivity (Wildman–Crippen MR) is 260 cm³/mol. The van der Waals surface area contributed by atoms with E-state index in [2.05, 4.69) is 42.2 Å². The zero-order valence-electron chi connectivity index (χ0n) is 39.4. The van der Waals surface area contributed by atoms with E-state index < -0.39 is 176 Å². The number of aliphatic hydroxyl groups is 3. The average Bonchev–Trinajstić information content (AvgIpc) is 3.91. The Balaban J connectivity index is 1.72. The summed E-state index contributed by atoms with van der Waals surface area (Å²) in [5, 5.41) is 49.1. The summed E-state index contributed by atoms with van der Waals surface area (Å²) in [5.41, 5.74) is 11.6. The summed E-state index contributed by atoms with van der Waals surface area (Å²) in [7, 11) is 0.770. The highest BCUT2D eigenvalue weighted by Gasteiger charge is 2.45. The van der Waals surface area contributed by atoms with Crippen LogP contribution in [0.4, 0.5) is 0 Å². The molecular weight excluding hydrogens is 991 g/mol. The van der Waals surface area contributed by atoms with Crippen molar-refractivity contribution >= 4 is 96.5 Å². The number of carbonyl (C=O) groups is 9. The van der Waals surface area contributed by atoms with Crippen LogP contribution >= 0.6 is 21.6 Å². The number of aromatic nitrogens is 1. The lowest BCUT2D eigenvalue weighted by Crippen LogP contribution is -2.62. The van der Waals surface area contributed by atoms with Crippen molar-refractivity contribution in [1.29, 1.82) is 0 Å². The van der Waals surface area contributed by atoms with Gasteiger partial charge in [-0.15, -0.1) is 0 Å². The van der Waals surface area contributed by atoms with Crippen LogP contribution in [-0.2, 0) is 60.4 Å². The summed E-state index contributed by atoms with van der Waals surface area (Å²) in [6.07, 6.45) is -4.38. The number of carbonyl (C=O) groups excluding carboxylic acids is 9. The van der Waals surface area contributed by atoms with Crippen molar-refractivity contribution in [1.82, 2.24) is 47.1 Å². The van der Waals surface area contributed by atoms with Gasteiger partial charge in [-0.1, -0.05) is 48.8 Å². The molecule has 0 saturated carbocycles. The minimum atomic E-state index is -2.37. The van der Waals surface area contributed by atoms with Crippen LogP contribution < -0.4 is 53.4 Å². The zero-order valence-corrected chi connectivity index (χ0v) is 41.8. The molecule has 0 aliphatic carbocycles. The Hall–Kier alpha value is -5.52. The molecule has 4 heterocycles. The van der Waals surface area contributed by atoms with Crippen LogP contribution in [0.2, 0.25) is 0 Å². The second-order valence-corrected chi connectivity index (χ2v) is 21.5. The molecule has 25 nitrogen and oxygen atoms in total. The van der Waals surface area contributed by atoms with Crippen molar-refractivity contribution in [3.05, 3.63) is 23.8 Å². The fourth-order valence-electron chi connectivity index (χ4n) is 8.14. The van der Waals surface area contributed by atoms with Gasteiger partial charge >= 0.3 is 0 Å². The zero-order chi connectivity index (χ0) is 52.1. The van der Waals surface area contributed by atoms with Crippen molar-refractivity contribution in [2.75, 3.05) is 56.7 Å². The Morgan fingerprint density at radius 1 is 0.887 bits per heavy atom. The summed E-state index contributed by atoms with van der Waals surface area (Å²) in [6, 6.07) is -5.11. The molecule has 0 spiro atoms. The Labute approximate surface area is 418 Å². The Bertz CT molecular complexity index is 2340. The number of nitrogens with two attached hydrogens (primary N) is 2. The number of hydrogen-bond donors (Lipinski definition) is 13. The fourth-order valence-corrected chi connectivity index (χ4v) is 11.2. The smallest absolute Gasteiger partial charge is 0.246 e. The van der Waals surface area contributed by atoms with Gasteiger partial charge in [-0.05, 0) is 23.6 Å². The second kappa shape index (κ2) is 26.3. The third-order valence-electron chi connectivity index (χ3n) is 12.2. The van der Waals surface area contributed by atoms with Crippen LogP contribution in [0.15, 0.2) is 23.2 Å². The molecule has 2 bridgehead atoms. The molecule has 15 N–H and O–H groups in total. The fraction of sp³-hybridized carbons (Fsp3) is 0.605. The lowest BCUT2D eigenvalue weighted by molar-refractivity contribution is -0.144. The van der Waals surface area contributed by atoms with Gasteiger partial charge in [0.05, 0.1) is 67.0 Å². The molecule has 4 unspecified atom stereocenters. The molecule has 3 aliphatic heterocycles. The number of primary amides is 1. The first kappa shape index (κ1) is 56.4. The Kier molecular flexibility index (Phi) is 20.9. The molecule has 2 aromatic rings. The third-order valence-corrected chi connectivity index (χ3v) is 16.1. The maximum atomic E-state index is 14.9. The Morgan fingerprint density at radius 3 is 2.25 bits per heavy atom. The highest BCUT2D eigenvalue weighted by atomic mass is 33.1. The van der Waals surface area contributed by atoms with E-state index in [1.807, 2.05) is 0 Å². The van der Waals surface area contributed by atoms with Crippen LogP contribution in [0, 0.1) is 11.8 Å². The molecule has 1 fully saturated rings. The number of rotatable bonds is 14. The van der Waals surface area contributed by atoms with Crippen LogP contribution in [0.1, 0.15) is 45.6 Å². The van der Waals surface area contributed by atoms with Crippen molar-refractivity contribution < 1.29 is 67.4 Å². The molecule has 71 heavy (non-hydrogen) atoms. The van der Waals surface area contributed by atoms with Crippen LogP contribution in [0.5, 0.6) is 5.75 Å². The molecule has 5 rings (SSSR count). The first-order valence-electron chi connectivity index (χ1n) is 23.0. The normalized spacial score (nSPS) is 26.8. The molecule has 28 heteroatoms. The number of aliphatic hydroxyl groups excluding tert-OH is 3. The molecule has 11 atom stereocenters. The number of nitrogens with zero attached hydrogens (tertiary/aromatic N) is 1. The van der Waals surface area contributed by atoms with E-state index in [1.54, 1.807) is 53.6 Å². The maximum absolute atomic E-state index is 14.9. The second-order valence-electron chi connectivity index (χ2n) is 17.4. The Morgan fingerprint density at radius 2 is 1.58 bits per heavy atom. The lowest BCUT2D eigenvalue weighted by Gasteiger charge is -2.32. The molecule has 3 aliphatic rings. The monoisotopic (exact) mass is 1050 g/mol. The summed E-state index contributed by atoms with van der Waals surface area (Å²) in [5.74, 6) is -9.94. The molecule has 0 radical (unpaired) electrons. The van der Waals surface area contributed by atoms with E-state index in [0.29, 0.717) is 35.4 Å². The number of aromatic amines is 1. The highest BCUT2D eigenvalue weighted by Crippen LogP contribution is 2.31. The summed E-state index contributed by atoms with van der Waals surface area (Å²) < 4.78 is 20.9. The largest absolute Gasteiger partial charge is 0.493 e. The number of hydrogen-bond acceptors (Lipinski definition) is 17. The van der Waals surface area contributed by atoms with Gasteiger partial charge in [0.2, 0.25) is 53.2 Å². The topological polar surface area (TPSA) is 396 Å². The molecule has 9 amide bonds. The quantitative estimate of drug-likeness (QED) is 0.0623. The standard InChI is InChI=1S/C43H63N11O14S3/c1-4-20(2)35-40(64)47-15-33(59)48-29-19-71(67)42-25(24-6-5-23(12-26(24)51-42)68-8-10-70-69-9-7-44)13-27(37(61)46-16-34(60)52-35)49-41(65)36(21(3)31(57)18-55)53-39(63)30-11-22(56)17-54(30)43(66)28(14-32(45)58)50-38(29)62/h5-6,12,20-22,27-31,35-36,51,55-57H,4,7-11,13-19,44H2,1-3H3,(H2,45,58)(H,46,61)(H,47,64)(H,48,59)(H,49,65)(H,50,62)(H,52,60)(H,53,63)/t20-,21-,22?,27?,28-,29?,30-,31-,35?,36-,71+/m0/s1. The van der Waals surface area contributed by atoms with E-state index in [4.69, 9.17) is 16.2 Å². The maximum Gasteiger partial charge on any atom is 0.246 e. The lowest BCUT2D eigenvalue weighted by atomic mass is 9.93. The van der Waals surface area contributed by atoms with Crippen LogP contribution in [0.3, 0.4) is 0 Å². The number of fused-ring (bicyclic) bond motifs is 5. The van der Waals surface area contributed by atoms with Gasteiger partial charge in [0, 0.05) is 54.8 Å². The van der Waals surface area contributed by atoms with E-state index in [-0.39, 0.29) is 17.2 Å². The first-order valence-corrected chi connectivity index (χ1v) is 26.8. The number of amides is 9. The number of ether oxygens (including phenoxy) is 1. The van der Waals surface area contributed by atoms with Crippen LogP contribution in [0.25, 0.3) is 10.9 Å². The van der Waals surface area contributed by atoms with Gasteiger partial charge < -0.3 is 78.6 Å². The van der Waals surface area contributed by atoms with Crippen molar-refractivity contribution in [3.8, 4) is 5.75 Å². The van der Waals surface area contributed by atoms with E-state index in [1.165, 1.54) is 6.92 Å². The molecule has 1 aromatic carbocycles. The number of nitrogens with one attached hydrogen (secondary N) is 8. The predicted octanol–water partition coefficient (Wildman–Crippen LogP) is -4.91. The summed E-state index contributed by atoms with van der Waals surface area (Å²) in [4.78, 5) is 129. The minimum Gasteiger partial charge on any atom is -0.493 e. The highest BCUT2D eigenvalue weighted by molar-refractivity contribution is 8.76. The van der Waals surface area contributed by atoms with Crippen LogP contribution in [-0.4, -0.2) is 188 Å². The molecule has 1 saturated heterocycles. The van der Waals surface area contributed by atoms with Gasteiger partial charge in [-0.2, -0.15) is 0 Å². The van der Waals surface area contributed by atoms with Crippen molar-refractivity contribution in [2.24, 2.45) is 23.3 Å². The van der Waals surface area contributed by atoms with Gasteiger partial charge in [0.25, 0.3) is 0 Å². The number of benzene rings is 1. The van der Waals surface area contributed by atoms with Gasteiger partial charge in [0.15, 0.2) is 0 Å². The summed E-state index contributed by atoms with van der Waals surface area (Å²) in [6.45, 7) is 2.62. The summed E-state index contributed by atoms with van der Waals surface area (Å²) >= 11 is 0. The number of H-pyrrole nitrogens is 1. The van der Waals surface area contributed by atoms with Crippen molar-refractivity contribution in [2.45, 2.75) is 99.9 Å². The third kappa shape index (κ3) is 15.0. The van der Waals surface area contributed by atoms with Gasteiger partial charge in [-0.3, -0.25) is 47.4 Å². The van der Waals surface area contributed by atoms with Gasteiger partial charge in [-0.25, -0.2) is 0 Å². The first-order chi connectivity index (χ1) is 33.8. The SMILES string of the molecule is CC[C@H](C)C1NC(=O)CNC(=O)C2Cc3c([nH]c4cc(OCCSSCCN)ccc34)[S@](=O)CC(NC(=O)CNC1=O)C(=O)N[C@@H](CC(N)=O)C(=O)N1CC(O)C[C@H]1C(=O)N[C@@H]([C@@H](C)[C@@H](O)CO)C(=O)N2. The van der Waals surface area contributed by atoms with E-state index in [0.717, 1.165) is 10.7 Å². The van der Waals surface area contributed by atoms with Gasteiger partial charge in [0.1, 0.15) is 47.0 Å². The minimum absolute atomic E-state index is 0.109. The molecular formula is C43H63N11O14S3. The molecule has 1 aromatic heterocycles. The van der Waals surface area contributed by atoms with E-state index >= 15 is 0 Å². The average molecular weight is 1050 g/mol. The van der Waals surface area contributed by atoms with E-state index in [9.17, 15) is 62.7 Å². The molecule has 392 valence electrons.